The summed E-state index contributed by atoms with van der Waals surface area (Å²) in [6.45, 7) is 0. The van der Waals surface area contributed by atoms with Crippen LogP contribution in [0.1, 0.15) is 35.8 Å². The average molecular weight is 454 g/mol. The van der Waals surface area contributed by atoms with Crippen LogP contribution in [0.25, 0.3) is 0 Å². The van der Waals surface area contributed by atoms with E-state index < -0.39 is 5.92 Å². The molecule has 0 saturated carbocycles. The summed E-state index contributed by atoms with van der Waals surface area (Å²) < 4.78 is 0. The number of aromatic amines is 1. The second-order valence-electron chi connectivity index (χ2n) is 8.27. The van der Waals surface area contributed by atoms with Gasteiger partial charge in [0.1, 0.15) is 5.82 Å². The van der Waals surface area contributed by atoms with Gasteiger partial charge in [-0.2, -0.15) is 5.26 Å². The van der Waals surface area contributed by atoms with Gasteiger partial charge in [-0.15, -0.1) is 0 Å². The van der Waals surface area contributed by atoms with E-state index in [1.54, 1.807) is 12.3 Å². The quantitative estimate of drug-likeness (QED) is 0.614. The summed E-state index contributed by atoms with van der Waals surface area (Å²) in [5.74, 6) is -0.178. The number of H-pyrrole nitrogens is 1. The molecular weight excluding hydrogens is 432 g/mol. The Morgan fingerprint density at radius 1 is 1.00 bits per heavy atom. The van der Waals surface area contributed by atoms with Gasteiger partial charge >= 0.3 is 0 Å². The summed E-state index contributed by atoms with van der Waals surface area (Å²) in [6, 6.07) is 23.5. The molecule has 0 spiro atoms. The smallest absolute Gasteiger partial charge is 0.171 e. The molecule has 0 radical (unpaired) electrons. The molecular formula is C27H22ClN4O+. The van der Waals surface area contributed by atoms with E-state index in [1.165, 1.54) is 0 Å². The first-order valence-corrected chi connectivity index (χ1v) is 11.2. The minimum absolute atomic E-state index is 0.0156. The molecule has 2 atom stereocenters. The Kier molecular flexibility index (Phi) is 5.45. The summed E-state index contributed by atoms with van der Waals surface area (Å²) in [6.07, 6.45) is 4.61. The van der Waals surface area contributed by atoms with E-state index in [1.807, 2.05) is 59.6 Å². The number of hydrogen-bond acceptors (Lipinski definition) is 4. The minimum Gasteiger partial charge on any atom is -0.384 e. The van der Waals surface area contributed by atoms with E-state index in [0.717, 1.165) is 16.8 Å². The van der Waals surface area contributed by atoms with Gasteiger partial charge in [0.2, 0.25) is 0 Å². The van der Waals surface area contributed by atoms with E-state index in [2.05, 4.69) is 23.2 Å². The zero-order chi connectivity index (χ0) is 22.9. The van der Waals surface area contributed by atoms with Gasteiger partial charge in [0, 0.05) is 29.3 Å². The number of rotatable bonds is 3. The number of carbonyl (C=O) groups excluding carboxylic acids is 1. The van der Waals surface area contributed by atoms with E-state index in [9.17, 15) is 10.1 Å². The largest absolute Gasteiger partial charge is 0.384 e. The number of para-hydroxylation sites is 1. The van der Waals surface area contributed by atoms with Gasteiger partial charge < -0.3 is 5.73 Å². The number of carbonyl (C=O) groups is 1. The second kappa shape index (κ2) is 8.57. The summed E-state index contributed by atoms with van der Waals surface area (Å²) in [7, 11) is 0. The van der Waals surface area contributed by atoms with Gasteiger partial charge in [-0.05, 0) is 36.1 Å². The summed E-state index contributed by atoms with van der Waals surface area (Å²) >= 11 is 6.57. The lowest BCUT2D eigenvalue weighted by atomic mass is 9.72. The number of pyridine rings is 1. The predicted molar refractivity (Wildman–Crippen MR) is 127 cm³/mol. The van der Waals surface area contributed by atoms with Crippen LogP contribution in [-0.2, 0) is 4.79 Å². The molecule has 3 aromatic rings. The van der Waals surface area contributed by atoms with E-state index in [0.29, 0.717) is 40.5 Å². The number of halogens is 1. The van der Waals surface area contributed by atoms with Gasteiger partial charge in [0.15, 0.2) is 18.2 Å². The Morgan fingerprint density at radius 2 is 1.73 bits per heavy atom. The number of allylic oxidation sites excluding steroid dienone is 3. The normalized spacial score (nSPS) is 20.5. The standard InChI is InChI=1S/C27H21ClN4O/c28-21-10-4-5-11-22(21)32-23-13-19(17-7-2-1-3-8-17)14-24(33)26(23)25(20(15-29)27(32)30)18-9-6-12-31-16-18/h1-12,16,19,25H,13-14,30H2/p+1. The van der Waals surface area contributed by atoms with Gasteiger partial charge in [-0.25, -0.2) is 4.98 Å². The average Bonchev–Trinajstić information content (AvgIpc) is 2.85. The topological polar surface area (TPSA) is 84.3 Å². The van der Waals surface area contributed by atoms with Crippen LogP contribution < -0.4 is 15.6 Å². The van der Waals surface area contributed by atoms with E-state index in [-0.39, 0.29) is 11.7 Å². The van der Waals surface area contributed by atoms with Crippen LogP contribution in [-0.4, -0.2) is 5.78 Å². The highest BCUT2D eigenvalue weighted by molar-refractivity contribution is 6.33. The van der Waals surface area contributed by atoms with Crippen LogP contribution in [0.15, 0.2) is 102 Å². The maximum atomic E-state index is 13.7. The molecule has 1 aliphatic heterocycles. The molecule has 3 N–H and O–H groups in total. The van der Waals surface area contributed by atoms with E-state index in [4.69, 9.17) is 17.3 Å². The molecule has 6 heteroatoms. The van der Waals surface area contributed by atoms with Crippen LogP contribution in [0.2, 0.25) is 5.02 Å². The van der Waals surface area contributed by atoms with Gasteiger partial charge in [0.05, 0.1) is 28.3 Å². The third-order valence-electron chi connectivity index (χ3n) is 6.40. The molecule has 5 nitrogen and oxygen atoms in total. The van der Waals surface area contributed by atoms with Gasteiger partial charge in [-0.3, -0.25) is 9.69 Å². The van der Waals surface area contributed by atoms with Crippen molar-refractivity contribution in [2.24, 2.45) is 5.73 Å². The molecule has 0 amide bonds. The molecule has 0 bridgehead atoms. The first-order valence-electron chi connectivity index (χ1n) is 10.8. The number of benzene rings is 2. The van der Waals surface area contributed by atoms with Crippen LogP contribution in [0.5, 0.6) is 0 Å². The molecule has 5 rings (SSSR count). The number of hydrogen-bond donors (Lipinski definition) is 1. The number of nitriles is 1. The Balaban J connectivity index is 1.74. The van der Waals surface area contributed by atoms with Crippen molar-refractivity contribution in [1.82, 2.24) is 0 Å². The van der Waals surface area contributed by atoms with Crippen LogP contribution in [0.4, 0.5) is 5.69 Å². The highest BCUT2D eigenvalue weighted by atomic mass is 35.5. The van der Waals surface area contributed by atoms with Gasteiger partial charge in [-0.1, -0.05) is 54.1 Å². The lowest BCUT2D eigenvalue weighted by Gasteiger charge is -2.41. The highest BCUT2D eigenvalue weighted by Crippen LogP contribution is 2.49. The zero-order valence-corrected chi connectivity index (χ0v) is 18.6. The van der Waals surface area contributed by atoms with Crippen molar-refractivity contribution in [2.75, 3.05) is 4.90 Å². The molecule has 33 heavy (non-hydrogen) atoms. The summed E-state index contributed by atoms with van der Waals surface area (Å²) in [4.78, 5) is 18.6. The van der Waals surface area contributed by atoms with E-state index >= 15 is 0 Å². The maximum Gasteiger partial charge on any atom is 0.171 e. The van der Waals surface area contributed by atoms with Crippen LogP contribution >= 0.6 is 11.6 Å². The molecule has 1 aliphatic carbocycles. The number of Topliss-reactive ketones (excluding diaryl/α,β-unsaturated/α-hetero) is 1. The van der Waals surface area contributed by atoms with Crippen molar-refractivity contribution in [2.45, 2.75) is 24.7 Å². The fourth-order valence-corrected chi connectivity index (χ4v) is 5.14. The number of nitrogens with zero attached hydrogens (tertiary/aromatic N) is 2. The molecule has 2 aliphatic rings. The van der Waals surface area contributed by atoms with Crippen molar-refractivity contribution in [1.29, 1.82) is 5.26 Å². The number of nitrogens with two attached hydrogens (primary N) is 1. The van der Waals surface area contributed by atoms with Crippen molar-refractivity contribution in [3.8, 4) is 6.07 Å². The van der Waals surface area contributed by atoms with Crippen LogP contribution in [0.3, 0.4) is 0 Å². The summed E-state index contributed by atoms with van der Waals surface area (Å²) in [5, 5.41) is 10.6. The van der Waals surface area contributed by atoms with Crippen molar-refractivity contribution >= 4 is 23.1 Å². The first kappa shape index (κ1) is 21.0. The predicted octanol–water partition coefficient (Wildman–Crippen LogP) is 4.85. The molecule has 162 valence electrons. The lowest BCUT2D eigenvalue weighted by Crippen LogP contribution is -2.40. The lowest BCUT2D eigenvalue weighted by molar-refractivity contribution is -0.378. The zero-order valence-electron chi connectivity index (χ0n) is 17.8. The minimum atomic E-state index is -0.523. The number of anilines is 1. The Labute approximate surface area is 197 Å². The molecule has 2 heterocycles. The molecule has 2 unspecified atom stereocenters. The third-order valence-corrected chi connectivity index (χ3v) is 6.72. The number of nitrogens with one attached hydrogen (secondary N) is 1. The molecule has 0 fully saturated rings. The summed E-state index contributed by atoms with van der Waals surface area (Å²) in [5.41, 5.74) is 11.0. The number of aromatic nitrogens is 1. The third kappa shape index (κ3) is 3.59. The Bertz CT molecular complexity index is 1320. The van der Waals surface area contributed by atoms with Gasteiger partial charge in [0.25, 0.3) is 0 Å². The molecule has 2 aromatic carbocycles. The van der Waals surface area contributed by atoms with Crippen molar-refractivity contribution in [3.63, 3.8) is 0 Å². The molecule has 1 aromatic heterocycles. The highest BCUT2D eigenvalue weighted by Gasteiger charge is 2.43. The fourth-order valence-electron chi connectivity index (χ4n) is 4.92. The fraction of sp³-hybridized carbons (Fsp3) is 0.148. The monoisotopic (exact) mass is 453 g/mol. The Hall–Kier alpha value is -3.88. The number of ketones is 1. The molecule has 0 saturated heterocycles. The second-order valence-corrected chi connectivity index (χ2v) is 8.67. The first-order chi connectivity index (χ1) is 16.1. The van der Waals surface area contributed by atoms with Crippen molar-refractivity contribution in [3.05, 3.63) is 118 Å². The maximum absolute atomic E-state index is 13.7. The Morgan fingerprint density at radius 3 is 2.42 bits per heavy atom. The van der Waals surface area contributed by atoms with Crippen LogP contribution in [0, 0.1) is 11.3 Å². The SMILES string of the molecule is N#CC1=C(N)N(c2ccccc2Cl)C2=C(C(=O)CC(c3ccccc3)C2)C1c1ccc[nH+]c1. The van der Waals surface area contributed by atoms with Crippen molar-refractivity contribution < 1.29 is 9.78 Å².